The molecule has 0 aromatic rings. The molecule has 1 amide bonds. The second kappa shape index (κ2) is 7.09. The van der Waals surface area contributed by atoms with Crippen LogP contribution in [0.15, 0.2) is 0 Å². The van der Waals surface area contributed by atoms with Crippen molar-refractivity contribution in [3.05, 3.63) is 0 Å². The molecule has 0 heterocycles. The molecule has 0 aliphatic heterocycles. The average molecular weight is 283 g/mol. The van der Waals surface area contributed by atoms with Crippen LogP contribution in [0.2, 0.25) is 0 Å². The predicted octanol–water partition coefficient (Wildman–Crippen LogP) is 3.21. The first-order chi connectivity index (χ1) is 9.27. The van der Waals surface area contributed by atoms with Gasteiger partial charge < -0.3 is 10.4 Å². The van der Waals surface area contributed by atoms with Crippen LogP contribution in [0.3, 0.4) is 0 Å². The summed E-state index contributed by atoms with van der Waals surface area (Å²) >= 11 is 0. The van der Waals surface area contributed by atoms with Crippen molar-refractivity contribution >= 4 is 11.9 Å². The lowest BCUT2D eigenvalue weighted by Crippen LogP contribution is -2.48. The molecule has 116 valence electrons. The zero-order valence-corrected chi connectivity index (χ0v) is 13.2. The van der Waals surface area contributed by atoms with Gasteiger partial charge in [-0.05, 0) is 37.5 Å². The molecule has 0 spiro atoms. The molecular weight excluding hydrogens is 254 g/mol. The number of nitrogens with one attached hydrogen (secondary N) is 1. The third-order valence-corrected chi connectivity index (χ3v) is 4.15. The van der Waals surface area contributed by atoms with Crippen molar-refractivity contribution in [2.45, 2.75) is 72.3 Å². The molecule has 1 unspecified atom stereocenters. The van der Waals surface area contributed by atoms with E-state index in [1.807, 2.05) is 13.8 Å². The summed E-state index contributed by atoms with van der Waals surface area (Å²) in [5, 5.41) is 12.1. The van der Waals surface area contributed by atoms with Crippen LogP contribution in [0, 0.1) is 17.3 Å². The fourth-order valence-corrected chi connectivity index (χ4v) is 3.36. The number of amides is 1. The molecule has 2 N–H and O–H groups in total. The fraction of sp³-hybridized carbons (Fsp3) is 0.875. The van der Waals surface area contributed by atoms with Crippen LogP contribution in [0.25, 0.3) is 0 Å². The first kappa shape index (κ1) is 17.0. The molecule has 0 bridgehead atoms. The Bertz CT molecular complexity index is 344. The number of aliphatic carboxylic acids is 1. The Labute approximate surface area is 122 Å². The number of carboxylic acids is 1. The number of carboxylic acid groups (broad SMARTS) is 1. The Kier molecular flexibility index (Phi) is 6.03. The van der Waals surface area contributed by atoms with Gasteiger partial charge in [0, 0.05) is 5.41 Å². The van der Waals surface area contributed by atoms with E-state index in [4.69, 9.17) is 0 Å². The molecule has 1 fully saturated rings. The third kappa shape index (κ3) is 4.50. The number of rotatable bonds is 7. The molecule has 0 saturated heterocycles. The van der Waals surface area contributed by atoms with Crippen molar-refractivity contribution < 1.29 is 14.7 Å². The molecule has 0 radical (unpaired) electrons. The van der Waals surface area contributed by atoms with E-state index < -0.39 is 12.0 Å². The van der Waals surface area contributed by atoms with Gasteiger partial charge in [0.05, 0.1) is 0 Å². The van der Waals surface area contributed by atoms with Crippen LogP contribution in [-0.4, -0.2) is 23.0 Å². The van der Waals surface area contributed by atoms with Crippen LogP contribution >= 0.6 is 0 Å². The summed E-state index contributed by atoms with van der Waals surface area (Å²) in [6.45, 7) is 8.19. The second-order valence-corrected chi connectivity index (χ2v) is 7.08. The highest BCUT2D eigenvalue weighted by atomic mass is 16.4. The van der Waals surface area contributed by atoms with Crippen molar-refractivity contribution in [3.8, 4) is 0 Å². The quantitative estimate of drug-likeness (QED) is 0.754. The van der Waals surface area contributed by atoms with Gasteiger partial charge in [0.1, 0.15) is 6.04 Å². The molecule has 20 heavy (non-hydrogen) atoms. The van der Waals surface area contributed by atoms with E-state index >= 15 is 0 Å². The Morgan fingerprint density at radius 1 is 1.10 bits per heavy atom. The van der Waals surface area contributed by atoms with Gasteiger partial charge in [-0.3, -0.25) is 4.79 Å². The summed E-state index contributed by atoms with van der Waals surface area (Å²) < 4.78 is 0. The van der Waals surface area contributed by atoms with Crippen molar-refractivity contribution in [3.63, 3.8) is 0 Å². The number of carbonyl (C=O) groups is 2. The van der Waals surface area contributed by atoms with Crippen LogP contribution < -0.4 is 5.32 Å². The van der Waals surface area contributed by atoms with E-state index in [0.717, 1.165) is 32.1 Å². The molecule has 0 aromatic carbocycles. The summed E-state index contributed by atoms with van der Waals surface area (Å²) in [6.07, 6.45) is 5.27. The van der Waals surface area contributed by atoms with Crippen molar-refractivity contribution in [1.29, 1.82) is 0 Å². The second-order valence-electron chi connectivity index (χ2n) is 7.08. The fourth-order valence-electron chi connectivity index (χ4n) is 3.36. The Balaban J connectivity index is 2.76. The molecule has 0 aromatic heterocycles. The van der Waals surface area contributed by atoms with Crippen LogP contribution in [0.5, 0.6) is 0 Å². The smallest absolute Gasteiger partial charge is 0.326 e. The van der Waals surface area contributed by atoms with E-state index in [2.05, 4.69) is 19.2 Å². The van der Waals surface area contributed by atoms with E-state index in [1.54, 1.807) is 0 Å². The van der Waals surface area contributed by atoms with Crippen molar-refractivity contribution in [2.24, 2.45) is 17.3 Å². The van der Waals surface area contributed by atoms with Gasteiger partial charge in [-0.1, -0.05) is 40.5 Å². The van der Waals surface area contributed by atoms with Crippen LogP contribution in [0.1, 0.15) is 66.2 Å². The highest BCUT2D eigenvalue weighted by Gasteiger charge is 2.42. The minimum Gasteiger partial charge on any atom is -0.480 e. The van der Waals surface area contributed by atoms with Gasteiger partial charge in [0.2, 0.25) is 5.91 Å². The third-order valence-electron chi connectivity index (χ3n) is 4.15. The molecule has 1 aliphatic carbocycles. The van der Waals surface area contributed by atoms with E-state index in [-0.39, 0.29) is 17.2 Å². The maximum atomic E-state index is 12.6. The standard InChI is InChI=1S/C16H29NO3/c1-11(2)9-13(14(18)19)17-15(20)16(10-12(3)4)7-5-6-8-16/h11-13H,5-10H2,1-4H3,(H,17,20)(H,18,19). The zero-order chi connectivity index (χ0) is 15.3. The SMILES string of the molecule is CC(C)CC(NC(=O)C1(CC(C)C)CCCC1)C(=O)O. The molecule has 1 aliphatic rings. The monoisotopic (exact) mass is 283 g/mol. The molecule has 1 atom stereocenters. The average Bonchev–Trinajstić information content (AvgIpc) is 2.76. The topological polar surface area (TPSA) is 66.4 Å². The summed E-state index contributed by atoms with van der Waals surface area (Å²) in [5.41, 5.74) is -0.334. The van der Waals surface area contributed by atoms with E-state index in [0.29, 0.717) is 12.3 Å². The van der Waals surface area contributed by atoms with Gasteiger partial charge in [-0.25, -0.2) is 4.79 Å². The van der Waals surface area contributed by atoms with Gasteiger partial charge >= 0.3 is 5.97 Å². The van der Waals surface area contributed by atoms with Gasteiger partial charge in [0.25, 0.3) is 0 Å². The Morgan fingerprint density at radius 3 is 2.05 bits per heavy atom. The maximum Gasteiger partial charge on any atom is 0.326 e. The van der Waals surface area contributed by atoms with Crippen LogP contribution in [-0.2, 0) is 9.59 Å². The minimum atomic E-state index is -0.926. The number of carbonyl (C=O) groups excluding carboxylic acids is 1. The van der Waals surface area contributed by atoms with Crippen molar-refractivity contribution in [2.75, 3.05) is 0 Å². The van der Waals surface area contributed by atoms with Crippen LogP contribution in [0.4, 0.5) is 0 Å². The number of hydrogen-bond acceptors (Lipinski definition) is 2. The zero-order valence-electron chi connectivity index (χ0n) is 13.2. The van der Waals surface area contributed by atoms with Gasteiger partial charge in [0.15, 0.2) is 0 Å². The minimum absolute atomic E-state index is 0.0447. The number of hydrogen-bond donors (Lipinski definition) is 2. The predicted molar refractivity (Wildman–Crippen MR) is 79.4 cm³/mol. The molecule has 4 heteroatoms. The summed E-state index contributed by atoms with van der Waals surface area (Å²) in [5.74, 6) is -0.269. The normalized spacial score (nSPS) is 19.3. The lowest BCUT2D eigenvalue weighted by Gasteiger charge is -2.31. The van der Waals surface area contributed by atoms with Gasteiger partial charge in [-0.2, -0.15) is 0 Å². The summed E-state index contributed by atoms with van der Waals surface area (Å²) in [6, 6.07) is -0.757. The first-order valence-corrected chi connectivity index (χ1v) is 7.80. The highest BCUT2D eigenvalue weighted by Crippen LogP contribution is 2.43. The summed E-state index contributed by atoms with van der Waals surface area (Å²) in [4.78, 5) is 23.9. The molecular formula is C16H29NO3. The highest BCUT2D eigenvalue weighted by molar-refractivity contribution is 5.87. The maximum absolute atomic E-state index is 12.6. The summed E-state index contributed by atoms with van der Waals surface area (Å²) in [7, 11) is 0. The Morgan fingerprint density at radius 2 is 1.65 bits per heavy atom. The molecule has 1 saturated carbocycles. The van der Waals surface area contributed by atoms with E-state index in [9.17, 15) is 14.7 Å². The molecule has 4 nitrogen and oxygen atoms in total. The largest absolute Gasteiger partial charge is 0.480 e. The lowest BCUT2D eigenvalue weighted by molar-refractivity contribution is -0.144. The Hall–Kier alpha value is -1.06. The molecule has 1 rings (SSSR count). The first-order valence-electron chi connectivity index (χ1n) is 7.80. The van der Waals surface area contributed by atoms with Crippen molar-refractivity contribution in [1.82, 2.24) is 5.32 Å². The van der Waals surface area contributed by atoms with E-state index in [1.165, 1.54) is 0 Å². The van der Waals surface area contributed by atoms with Gasteiger partial charge in [-0.15, -0.1) is 0 Å². The lowest BCUT2D eigenvalue weighted by atomic mass is 9.77.